The summed E-state index contributed by atoms with van der Waals surface area (Å²) in [6.07, 6.45) is 6.32. The third kappa shape index (κ3) is 6.02. The second-order valence-electron chi connectivity index (χ2n) is 8.71. The molecule has 1 N–H and O–H groups in total. The van der Waals surface area contributed by atoms with E-state index in [1.807, 2.05) is 13.1 Å². The van der Waals surface area contributed by atoms with Gasteiger partial charge in [0.1, 0.15) is 5.75 Å². The zero-order valence-corrected chi connectivity index (χ0v) is 21.7. The second kappa shape index (κ2) is 12.1. The quantitative estimate of drug-likeness (QED) is 0.309. The molecule has 6 heteroatoms. The van der Waals surface area contributed by atoms with Crippen molar-refractivity contribution < 1.29 is 4.74 Å². The number of nitrogens with zero attached hydrogens (tertiary/aromatic N) is 3. The minimum atomic E-state index is 0. The molecule has 1 aromatic carbocycles. The van der Waals surface area contributed by atoms with Gasteiger partial charge in [-0.05, 0) is 56.0 Å². The van der Waals surface area contributed by atoms with Crippen LogP contribution in [0.5, 0.6) is 5.75 Å². The Morgan fingerprint density at radius 1 is 1.27 bits per heavy atom. The van der Waals surface area contributed by atoms with E-state index in [0.717, 1.165) is 50.4 Å². The molecule has 2 fully saturated rings. The minimum absolute atomic E-state index is 0. The van der Waals surface area contributed by atoms with Gasteiger partial charge >= 0.3 is 0 Å². The fourth-order valence-corrected chi connectivity index (χ4v) is 5.17. The lowest BCUT2D eigenvalue weighted by molar-refractivity contribution is 0.255. The van der Waals surface area contributed by atoms with Crippen molar-refractivity contribution in [3.8, 4) is 5.75 Å². The maximum atomic E-state index is 5.49. The number of guanidine groups is 1. The summed E-state index contributed by atoms with van der Waals surface area (Å²) in [5, 5.41) is 3.75. The number of hydrogen-bond donors (Lipinski definition) is 1. The van der Waals surface area contributed by atoms with Gasteiger partial charge in [0, 0.05) is 38.6 Å². The predicted octanol–water partition coefficient (Wildman–Crippen LogP) is 4.36. The second-order valence-corrected chi connectivity index (χ2v) is 8.71. The van der Waals surface area contributed by atoms with Crippen molar-refractivity contribution >= 4 is 29.9 Å². The Labute approximate surface area is 200 Å². The van der Waals surface area contributed by atoms with Crippen molar-refractivity contribution in [1.29, 1.82) is 0 Å². The van der Waals surface area contributed by atoms with Gasteiger partial charge in [-0.25, -0.2) is 0 Å². The highest BCUT2D eigenvalue weighted by atomic mass is 127. The summed E-state index contributed by atoms with van der Waals surface area (Å²) in [6.45, 7) is 11.2. The summed E-state index contributed by atoms with van der Waals surface area (Å²) in [7, 11) is 3.68. The van der Waals surface area contributed by atoms with Crippen LogP contribution in [0.3, 0.4) is 0 Å². The number of ether oxygens (including phenoxy) is 1. The molecule has 0 amide bonds. The maximum absolute atomic E-state index is 5.49. The number of rotatable bonds is 8. The number of likely N-dealkylation sites (tertiary alicyclic amines) is 1. The van der Waals surface area contributed by atoms with Crippen molar-refractivity contribution in [2.24, 2.45) is 10.9 Å². The maximum Gasteiger partial charge on any atom is 0.193 e. The van der Waals surface area contributed by atoms with Crippen molar-refractivity contribution in [2.45, 2.75) is 51.4 Å². The molecule has 170 valence electrons. The van der Waals surface area contributed by atoms with Gasteiger partial charge in [0.05, 0.1) is 7.11 Å². The smallest absolute Gasteiger partial charge is 0.193 e. The van der Waals surface area contributed by atoms with E-state index in [9.17, 15) is 0 Å². The molecule has 1 aliphatic heterocycles. The average molecular weight is 529 g/mol. The Morgan fingerprint density at radius 2 is 2.00 bits per heavy atom. The first-order valence-electron chi connectivity index (χ1n) is 11.5. The van der Waals surface area contributed by atoms with Gasteiger partial charge in [-0.2, -0.15) is 0 Å². The van der Waals surface area contributed by atoms with Crippen LogP contribution in [0.15, 0.2) is 29.3 Å². The van der Waals surface area contributed by atoms with Crippen LogP contribution in [0, 0.1) is 5.92 Å². The molecule has 0 spiro atoms. The van der Waals surface area contributed by atoms with E-state index in [1.165, 1.54) is 44.2 Å². The topological polar surface area (TPSA) is 40.1 Å². The van der Waals surface area contributed by atoms with Gasteiger partial charge in [-0.15, -0.1) is 24.0 Å². The standard InChI is InChI=1S/C24H40N4O.HI/c1-5-27(6-2)17-20-12-15-28(18-20)23(25-3)26-19-24(13-7-8-14-24)21-10-9-11-22(16-21)29-4;/h9-11,16,20H,5-8,12-15,17-19H2,1-4H3,(H,25,26);1H. The Balaban J connectivity index is 0.00000320. The number of benzene rings is 1. The van der Waals surface area contributed by atoms with Crippen molar-refractivity contribution in [3.05, 3.63) is 29.8 Å². The highest BCUT2D eigenvalue weighted by Crippen LogP contribution is 2.41. The monoisotopic (exact) mass is 528 g/mol. The number of aliphatic imine (C=N–C) groups is 1. The summed E-state index contributed by atoms with van der Waals surface area (Å²) >= 11 is 0. The molecular weight excluding hydrogens is 487 g/mol. The van der Waals surface area contributed by atoms with Crippen LogP contribution in [0.4, 0.5) is 0 Å². The summed E-state index contributed by atoms with van der Waals surface area (Å²) in [6, 6.07) is 8.67. The first kappa shape index (κ1) is 25.2. The van der Waals surface area contributed by atoms with Crippen LogP contribution in [0.1, 0.15) is 51.5 Å². The molecule has 0 aromatic heterocycles. The fraction of sp³-hybridized carbons (Fsp3) is 0.708. The van der Waals surface area contributed by atoms with E-state index in [4.69, 9.17) is 4.74 Å². The molecule has 2 aliphatic rings. The Hall–Kier alpha value is -1.02. The molecule has 1 saturated carbocycles. The van der Waals surface area contributed by atoms with Crippen molar-refractivity contribution in [3.63, 3.8) is 0 Å². The number of halogens is 1. The van der Waals surface area contributed by atoms with Crippen LogP contribution in [0.25, 0.3) is 0 Å². The van der Waals surface area contributed by atoms with Crippen LogP contribution >= 0.6 is 24.0 Å². The lowest BCUT2D eigenvalue weighted by atomic mass is 9.78. The number of hydrogen-bond acceptors (Lipinski definition) is 3. The van der Waals surface area contributed by atoms with Gasteiger partial charge in [0.2, 0.25) is 0 Å². The molecule has 5 nitrogen and oxygen atoms in total. The molecule has 1 heterocycles. The zero-order chi connectivity index (χ0) is 20.7. The molecule has 30 heavy (non-hydrogen) atoms. The van der Waals surface area contributed by atoms with Crippen LogP contribution in [-0.2, 0) is 5.41 Å². The van der Waals surface area contributed by atoms with E-state index in [0.29, 0.717) is 0 Å². The first-order chi connectivity index (χ1) is 14.1. The van der Waals surface area contributed by atoms with Crippen molar-refractivity contribution in [2.75, 3.05) is 53.4 Å². The third-order valence-electron chi connectivity index (χ3n) is 7.04. The van der Waals surface area contributed by atoms with Gasteiger partial charge in [0.25, 0.3) is 0 Å². The van der Waals surface area contributed by atoms with Crippen LogP contribution < -0.4 is 10.1 Å². The van der Waals surface area contributed by atoms with Crippen LogP contribution in [-0.4, -0.2) is 69.2 Å². The van der Waals surface area contributed by atoms with E-state index in [1.54, 1.807) is 7.11 Å². The summed E-state index contributed by atoms with van der Waals surface area (Å²) in [4.78, 5) is 9.64. The molecule has 1 atom stereocenters. The molecule has 1 aromatic rings. The van der Waals surface area contributed by atoms with E-state index in [2.05, 4.69) is 52.2 Å². The summed E-state index contributed by atoms with van der Waals surface area (Å²) in [5.41, 5.74) is 1.59. The van der Waals surface area contributed by atoms with E-state index >= 15 is 0 Å². The fourth-order valence-electron chi connectivity index (χ4n) is 5.17. The Kier molecular flexibility index (Phi) is 10.2. The van der Waals surface area contributed by atoms with Crippen molar-refractivity contribution in [1.82, 2.24) is 15.1 Å². The van der Waals surface area contributed by atoms with Gasteiger partial charge in [-0.3, -0.25) is 4.99 Å². The molecule has 0 bridgehead atoms. The highest BCUT2D eigenvalue weighted by Gasteiger charge is 2.36. The normalized spacial score (nSPS) is 21.0. The molecule has 3 rings (SSSR count). The SMILES string of the molecule is CCN(CC)CC1CCN(C(=NC)NCC2(c3cccc(OC)c3)CCCC2)C1.I. The van der Waals surface area contributed by atoms with Gasteiger partial charge in [-0.1, -0.05) is 38.8 Å². The molecule has 0 radical (unpaired) electrons. The lowest BCUT2D eigenvalue weighted by Crippen LogP contribution is -2.46. The number of methoxy groups -OCH3 is 1. The molecule has 1 unspecified atom stereocenters. The zero-order valence-electron chi connectivity index (χ0n) is 19.3. The van der Waals surface area contributed by atoms with E-state index in [-0.39, 0.29) is 29.4 Å². The highest BCUT2D eigenvalue weighted by molar-refractivity contribution is 14.0. The largest absolute Gasteiger partial charge is 0.497 e. The third-order valence-corrected chi connectivity index (χ3v) is 7.04. The van der Waals surface area contributed by atoms with Gasteiger partial charge < -0.3 is 19.9 Å². The lowest BCUT2D eigenvalue weighted by Gasteiger charge is -2.32. The molecular formula is C24H41IN4O. The number of nitrogens with one attached hydrogen (secondary N) is 1. The summed E-state index contributed by atoms with van der Waals surface area (Å²) < 4.78 is 5.49. The van der Waals surface area contributed by atoms with Gasteiger partial charge in [0.15, 0.2) is 5.96 Å². The van der Waals surface area contributed by atoms with E-state index < -0.39 is 0 Å². The average Bonchev–Trinajstić information content (AvgIpc) is 3.43. The molecule has 1 saturated heterocycles. The summed E-state index contributed by atoms with van der Waals surface area (Å²) in [5.74, 6) is 2.77. The minimum Gasteiger partial charge on any atom is -0.497 e. The molecule has 1 aliphatic carbocycles. The van der Waals surface area contributed by atoms with Crippen LogP contribution in [0.2, 0.25) is 0 Å². The Morgan fingerprint density at radius 3 is 2.63 bits per heavy atom. The Bertz CT molecular complexity index is 671. The first-order valence-corrected chi connectivity index (χ1v) is 11.5. The predicted molar refractivity (Wildman–Crippen MR) is 137 cm³/mol.